The van der Waals surface area contributed by atoms with E-state index in [-0.39, 0.29) is 11.7 Å². The maximum atomic E-state index is 8.61. The van der Waals surface area contributed by atoms with Crippen molar-refractivity contribution in [1.29, 1.82) is 5.41 Å². The molecule has 180 valence electrons. The highest BCUT2D eigenvalue weighted by Gasteiger charge is 2.15. The zero-order chi connectivity index (χ0) is 25.6. The molecule has 4 nitrogen and oxygen atoms in total. The fraction of sp³-hybridized carbons (Fsp3) is 0. The average molecular weight is 490 g/mol. The van der Waals surface area contributed by atoms with Gasteiger partial charge in [-0.15, -0.1) is 0 Å². The third-order valence-electron chi connectivity index (χ3n) is 7.11. The van der Waals surface area contributed by atoms with Crippen molar-refractivity contribution in [3.63, 3.8) is 0 Å². The van der Waals surface area contributed by atoms with Crippen molar-refractivity contribution in [2.24, 2.45) is 10.7 Å². The summed E-state index contributed by atoms with van der Waals surface area (Å²) in [5.41, 5.74) is 11.7. The number of aliphatic imine (C=N–C) groups is 1. The monoisotopic (exact) mass is 489 g/mol. The Morgan fingerprint density at radius 2 is 1.26 bits per heavy atom. The summed E-state index contributed by atoms with van der Waals surface area (Å²) in [7, 11) is 0. The lowest BCUT2D eigenvalue weighted by atomic mass is 9.99. The van der Waals surface area contributed by atoms with E-state index < -0.39 is 0 Å². The Hall–Kier alpha value is -5.22. The number of nitrogens with one attached hydrogen (secondary N) is 1. The predicted molar refractivity (Wildman–Crippen MR) is 158 cm³/mol. The van der Waals surface area contributed by atoms with Crippen LogP contribution in [0.15, 0.2) is 131 Å². The lowest BCUT2D eigenvalue weighted by molar-refractivity contribution is 0.669. The van der Waals surface area contributed by atoms with E-state index in [0.29, 0.717) is 0 Å². The predicted octanol–water partition coefficient (Wildman–Crippen LogP) is 8.29. The van der Waals surface area contributed by atoms with Crippen LogP contribution in [0.3, 0.4) is 0 Å². The highest BCUT2D eigenvalue weighted by atomic mass is 16.3. The lowest BCUT2D eigenvalue weighted by Gasteiger charge is -2.06. The second kappa shape index (κ2) is 8.71. The van der Waals surface area contributed by atoms with Gasteiger partial charge in [-0.3, -0.25) is 5.41 Å². The Bertz CT molecular complexity index is 2070. The van der Waals surface area contributed by atoms with Gasteiger partial charge in [0.1, 0.15) is 17.0 Å². The van der Waals surface area contributed by atoms with E-state index in [1.807, 2.05) is 54.6 Å². The zero-order valence-corrected chi connectivity index (χ0v) is 20.5. The summed E-state index contributed by atoms with van der Waals surface area (Å²) in [6.45, 7) is 0. The van der Waals surface area contributed by atoms with Crippen LogP contribution in [0.5, 0.6) is 0 Å². The normalized spacial score (nSPS) is 12.1. The van der Waals surface area contributed by atoms with E-state index in [9.17, 15) is 0 Å². The molecule has 0 spiro atoms. The highest BCUT2D eigenvalue weighted by molar-refractivity contribution is 6.20. The zero-order valence-electron chi connectivity index (χ0n) is 20.5. The van der Waals surface area contributed by atoms with Crippen molar-refractivity contribution >= 4 is 55.2 Å². The molecule has 0 saturated carbocycles. The fourth-order valence-electron chi connectivity index (χ4n) is 5.17. The summed E-state index contributed by atoms with van der Waals surface area (Å²) in [5.74, 6) is 0.409. The quantitative estimate of drug-likeness (QED) is 0.193. The Labute approximate surface area is 219 Å². The molecule has 0 amide bonds. The van der Waals surface area contributed by atoms with Crippen LogP contribution in [0.2, 0.25) is 0 Å². The van der Waals surface area contributed by atoms with Crippen LogP contribution in [0.1, 0.15) is 11.1 Å². The minimum atomic E-state index is 0.122. The van der Waals surface area contributed by atoms with Gasteiger partial charge in [-0.25, -0.2) is 4.99 Å². The first-order valence-electron chi connectivity index (χ1n) is 12.5. The van der Waals surface area contributed by atoms with Gasteiger partial charge in [0.25, 0.3) is 0 Å². The van der Waals surface area contributed by atoms with Gasteiger partial charge in [0.15, 0.2) is 5.84 Å². The molecule has 1 aromatic heterocycles. The largest absolute Gasteiger partial charge is 0.456 e. The molecular weight excluding hydrogens is 466 g/mol. The summed E-state index contributed by atoms with van der Waals surface area (Å²) in [4.78, 5) is 4.49. The molecule has 6 aromatic carbocycles. The van der Waals surface area contributed by atoms with Crippen molar-refractivity contribution in [2.75, 3.05) is 0 Å². The molecule has 0 radical (unpaired) electrons. The van der Waals surface area contributed by atoms with Gasteiger partial charge in [0.05, 0.1) is 0 Å². The second-order valence-electron chi connectivity index (χ2n) is 9.46. The molecule has 1 heterocycles. The van der Waals surface area contributed by atoms with Crippen molar-refractivity contribution in [1.82, 2.24) is 0 Å². The van der Waals surface area contributed by atoms with E-state index in [4.69, 9.17) is 15.6 Å². The molecule has 7 aromatic rings. The minimum absolute atomic E-state index is 0.122. The molecule has 0 atom stereocenters. The molecule has 0 aliphatic heterocycles. The molecule has 3 N–H and O–H groups in total. The smallest absolute Gasteiger partial charge is 0.154 e. The van der Waals surface area contributed by atoms with Gasteiger partial charge in [0, 0.05) is 21.9 Å². The Kier molecular flexibility index (Phi) is 5.05. The third kappa shape index (κ3) is 3.71. The number of benzene rings is 6. The number of nitrogens with zero attached hydrogens (tertiary/aromatic N) is 1. The van der Waals surface area contributed by atoms with E-state index in [1.165, 1.54) is 10.8 Å². The van der Waals surface area contributed by atoms with Crippen molar-refractivity contribution in [3.05, 3.63) is 132 Å². The van der Waals surface area contributed by atoms with Gasteiger partial charge < -0.3 is 10.2 Å². The Balaban J connectivity index is 1.29. The summed E-state index contributed by atoms with van der Waals surface area (Å²) in [5, 5.41) is 15.1. The first-order chi connectivity index (χ1) is 18.6. The highest BCUT2D eigenvalue weighted by Crippen LogP contribution is 2.35. The van der Waals surface area contributed by atoms with Crippen molar-refractivity contribution < 1.29 is 4.42 Å². The SMILES string of the molecule is N=C(N=C(N)c1cccc2oc3cc(-c4ccc5ccccc5c4)ccc3c12)c1ccc2ccccc2c1. The van der Waals surface area contributed by atoms with Gasteiger partial charge in [-0.05, 0) is 63.0 Å². The minimum Gasteiger partial charge on any atom is -0.456 e. The number of nitrogens with two attached hydrogens (primary N) is 1. The molecule has 0 aliphatic rings. The average Bonchev–Trinajstić information content (AvgIpc) is 3.34. The third-order valence-corrected chi connectivity index (χ3v) is 7.11. The fourth-order valence-corrected chi connectivity index (χ4v) is 5.17. The van der Waals surface area contributed by atoms with E-state index in [0.717, 1.165) is 55.0 Å². The number of furan rings is 1. The van der Waals surface area contributed by atoms with Crippen molar-refractivity contribution in [2.45, 2.75) is 0 Å². The molecule has 0 saturated heterocycles. The summed E-state index contributed by atoms with van der Waals surface area (Å²) < 4.78 is 6.27. The maximum Gasteiger partial charge on any atom is 0.154 e. The van der Waals surface area contributed by atoms with Crippen LogP contribution in [-0.4, -0.2) is 11.7 Å². The summed E-state index contributed by atoms with van der Waals surface area (Å²) in [6, 6.07) is 40.9. The van der Waals surface area contributed by atoms with Crippen LogP contribution in [-0.2, 0) is 0 Å². The summed E-state index contributed by atoms with van der Waals surface area (Å²) >= 11 is 0. The summed E-state index contributed by atoms with van der Waals surface area (Å²) in [6.07, 6.45) is 0. The van der Waals surface area contributed by atoms with Crippen molar-refractivity contribution in [3.8, 4) is 11.1 Å². The standard InChI is InChI=1S/C34H23N3O/c35-33(27-15-13-22-7-2-4-9-24(22)19-27)37-34(36)29-10-5-11-30-32(29)28-17-16-26(20-31(28)38-30)25-14-12-21-6-1-3-8-23(21)18-25/h1-20H,(H3,35,36,37). The number of hydrogen-bond donors (Lipinski definition) is 2. The number of hydrogen-bond acceptors (Lipinski definition) is 2. The van der Waals surface area contributed by atoms with Crippen LogP contribution in [0, 0.1) is 5.41 Å². The molecule has 7 rings (SSSR count). The van der Waals surface area contributed by atoms with Crippen LogP contribution in [0.25, 0.3) is 54.6 Å². The molecule has 0 bridgehead atoms. The van der Waals surface area contributed by atoms with Gasteiger partial charge in [0.2, 0.25) is 0 Å². The van der Waals surface area contributed by atoms with E-state index in [2.05, 4.69) is 71.7 Å². The molecule has 0 fully saturated rings. The van der Waals surface area contributed by atoms with E-state index in [1.54, 1.807) is 0 Å². The maximum absolute atomic E-state index is 8.61. The molecule has 4 heteroatoms. The topological polar surface area (TPSA) is 75.4 Å². The second-order valence-corrected chi connectivity index (χ2v) is 9.46. The molecule has 0 aliphatic carbocycles. The molecule has 38 heavy (non-hydrogen) atoms. The van der Waals surface area contributed by atoms with Gasteiger partial charge >= 0.3 is 0 Å². The number of fused-ring (bicyclic) bond motifs is 5. The lowest BCUT2D eigenvalue weighted by Crippen LogP contribution is -2.16. The van der Waals surface area contributed by atoms with E-state index >= 15 is 0 Å². The van der Waals surface area contributed by atoms with Gasteiger partial charge in [-0.2, -0.15) is 0 Å². The van der Waals surface area contributed by atoms with Crippen LogP contribution < -0.4 is 5.73 Å². The first kappa shape index (κ1) is 22.0. The number of rotatable bonds is 3. The van der Waals surface area contributed by atoms with Crippen LogP contribution in [0.4, 0.5) is 0 Å². The van der Waals surface area contributed by atoms with Crippen LogP contribution >= 0.6 is 0 Å². The molecular formula is C34H23N3O. The van der Waals surface area contributed by atoms with Gasteiger partial charge in [-0.1, -0.05) is 91.0 Å². The Morgan fingerprint density at radius 1 is 0.605 bits per heavy atom. The number of amidine groups is 2. The molecule has 0 unspecified atom stereocenters. The Morgan fingerprint density at radius 3 is 2.05 bits per heavy atom. The first-order valence-corrected chi connectivity index (χ1v) is 12.5.